The van der Waals surface area contributed by atoms with Crippen molar-refractivity contribution in [1.29, 1.82) is 0 Å². The van der Waals surface area contributed by atoms with Crippen molar-refractivity contribution in [2.24, 2.45) is 0 Å². The third-order valence-electron chi connectivity index (χ3n) is 3.29. The van der Waals surface area contributed by atoms with Gasteiger partial charge in [-0.2, -0.15) is 0 Å². The van der Waals surface area contributed by atoms with Gasteiger partial charge in [0.15, 0.2) is 0 Å². The van der Waals surface area contributed by atoms with Crippen LogP contribution in [0.25, 0.3) is 12.2 Å². The molecule has 2 heteroatoms. The van der Waals surface area contributed by atoms with Gasteiger partial charge in [-0.3, -0.25) is 0 Å². The Morgan fingerprint density at radius 1 is 0.550 bits per heavy atom. The van der Waals surface area contributed by atoms with Gasteiger partial charge in [0.1, 0.15) is 0 Å². The zero-order valence-electron chi connectivity index (χ0n) is 12.7. The number of benzene rings is 2. The summed E-state index contributed by atoms with van der Waals surface area (Å²) < 4.78 is 0. The lowest BCUT2D eigenvalue weighted by Crippen LogP contribution is -2.07. The highest BCUT2D eigenvalue weighted by Gasteiger charge is 1.95. The molecule has 2 aromatic rings. The summed E-state index contributed by atoms with van der Waals surface area (Å²) in [5.74, 6) is 0. The molecule has 0 amide bonds. The van der Waals surface area contributed by atoms with Gasteiger partial charge in [0.2, 0.25) is 0 Å². The molecule has 0 aromatic heterocycles. The predicted octanol–water partition coefficient (Wildman–Crippen LogP) is 3.99. The van der Waals surface area contributed by atoms with Crippen LogP contribution < -0.4 is 9.80 Å². The summed E-state index contributed by atoms with van der Waals surface area (Å²) in [5.41, 5.74) is 4.87. The van der Waals surface area contributed by atoms with Crippen LogP contribution in [-0.4, -0.2) is 28.2 Å². The van der Waals surface area contributed by atoms with Crippen molar-refractivity contribution in [1.82, 2.24) is 0 Å². The summed E-state index contributed by atoms with van der Waals surface area (Å²) in [6.45, 7) is 0. The maximum atomic E-state index is 2.14. The first kappa shape index (κ1) is 14.2. The average Bonchev–Trinajstić information content (AvgIpc) is 2.46. The smallest absolute Gasteiger partial charge is 0.0361 e. The Morgan fingerprint density at radius 3 is 1.10 bits per heavy atom. The molecule has 0 atom stereocenters. The Bertz CT molecular complexity index is 510. The first-order valence-electron chi connectivity index (χ1n) is 6.79. The third-order valence-corrected chi connectivity index (χ3v) is 3.29. The second-order valence-corrected chi connectivity index (χ2v) is 5.31. The molecule has 0 heterocycles. The van der Waals surface area contributed by atoms with Crippen molar-refractivity contribution in [2.75, 3.05) is 38.0 Å². The standard InChI is InChI=1S/C18H22N2/c1-19(2)17-11-7-15(8-12-17)5-6-16-9-13-18(14-10-16)20(3)4/h5-14H,1-4H3/b6-5-. The van der Waals surface area contributed by atoms with Crippen LogP contribution in [0.15, 0.2) is 48.5 Å². The molecule has 2 nitrogen and oxygen atoms in total. The normalized spacial score (nSPS) is 10.8. The Kier molecular flexibility index (Phi) is 4.46. The molecule has 0 saturated heterocycles. The van der Waals surface area contributed by atoms with Gasteiger partial charge in [-0.05, 0) is 35.4 Å². The first-order valence-corrected chi connectivity index (χ1v) is 6.79. The molecule has 20 heavy (non-hydrogen) atoms. The highest BCUT2D eigenvalue weighted by atomic mass is 15.1. The number of anilines is 2. The van der Waals surface area contributed by atoms with E-state index >= 15 is 0 Å². The molecule has 0 unspecified atom stereocenters. The highest BCUT2D eigenvalue weighted by molar-refractivity contribution is 5.71. The first-order chi connectivity index (χ1) is 9.56. The summed E-state index contributed by atoms with van der Waals surface area (Å²) in [5, 5.41) is 0. The van der Waals surface area contributed by atoms with Crippen LogP contribution in [0.3, 0.4) is 0 Å². The van der Waals surface area contributed by atoms with Gasteiger partial charge in [0, 0.05) is 39.6 Å². The predicted molar refractivity (Wildman–Crippen MR) is 90.5 cm³/mol. The maximum Gasteiger partial charge on any atom is 0.0361 e. The van der Waals surface area contributed by atoms with Crippen molar-refractivity contribution in [3.8, 4) is 0 Å². The fraction of sp³-hybridized carbons (Fsp3) is 0.222. The zero-order chi connectivity index (χ0) is 14.5. The number of hydrogen-bond acceptors (Lipinski definition) is 2. The van der Waals surface area contributed by atoms with Gasteiger partial charge in [-0.1, -0.05) is 36.4 Å². The van der Waals surface area contributed by atoms with Gasteiger partial charge in [0.25, 0.3) is 0 Å². The van der Waals surface area contributed by atoms with Crippen molar-refractivity contribution >= 4 is 23.5 Å². The molecule has 0 spiro atoms. The lowest BCUT2D eigenvalue weighted by atomic mass is 10.1. The largest absolute Gasteiger partial charge is 0.378 e. The van der Waals surface area contributed by atoms with E-state index in [1.54, 1.807) is 0 Å². The number of hydrogen-bond donors (Lipinski definition) is 0. The van der Waals surface area contributed by atoms with Gasteiger partial charge >= 0.3 is 0 Å². The van der Waals surface area contributed by atoms with E-state index < -0.39 is 0 Å². The minimum atomic E-state index is 1.22. The van der Waals surface area contributed by atoms with Crippen LogP contribution in [0.4, 0.5) is 11.4 Å². The second-order valence-electron chi connectivity index (χ2n) is 5.31. The molecule has 0 aliphatic rings. The highest BCUT2D eigenvalue weighted by Crippen LogP contribution is 2.16. The fourth-order valence-electron chi connectivity index (χ4n) is 1.96. The number of nitrogens with zero attached hydrogens (tertiary/aromatic N) is 2. The third kappa shape index (κ3) is 3.64. The Morgan fingerprint density at radius 2 is 0.850 bits per heavy atom. The Labute approximate surface area is 122 Å². The molecule has 2 rings (SSSR count). The van der Waals surface area contributed by atoms with Crippen LogP contribution in [0.2, 0.25) is 0 Å². The van der Waals surface area contributed by atoms with E-state index in [0.717, 1.165) is 0 Å². The van der Waals surface area contributed by atoms with Gasteiger partial charge in [-0.15, -0.1) is 0 Å². The maximum absolute atomic E-state index is 2.14. The van der Waals surface area contributed by atoms with Crippen LogP contribution >= 0.6 is 0 Å². The van der Waals surface area contributed by atoms with Crippen LogP contribution in [-0.2, 0) is 0 Å². The molecule has 104 valence electrons. The van der Waals surface area contributed by atoms with E-state index in [1.165, 1.54) is 22.5 Å². The summed E-state index contributed by atoms with van der Waals surface area (Å²) in [6.07, 6.45) is 4.29. The Hall–Kier alpha value is -2.22. The minimum absolute atomic E-state index is 1.22. The Balaban J connectivity index is 2.08. The zero-order valence-corrected chi connectivity index (χ0v) is 12.7. The lowest BCUT2D eigenvalue weighted by Gasteiger charge is -2.12. The van der Waals surface area contributed by atoms with Crippen molar-refractivity contribution in [3.63, 3.8) is 0 Å². The van der Waals surface area contributed by atoms with Crippen LogP contribution in [0, 0.1) is 0 Å². The van der Waals surface area contributed by atoms with Crippen molar-refractivity contribution in [3.05, 3.63) is 59.7 Å². The van der Waals surface area contributed by atoms with E-state index in [1.807, 2.05) is 0 Å². The van der Waals surface area contributed by atoms with Gasteiger partial charge < -0.3 is 9.80 Å². The van der Waals surface area contributed by atoms with E-state index in [0.29, 0.717) is 0 Å². The van der Waals surface area contributed by atoms with Crippen LogP contribution in [0.5, 0.6) is 0 Å². The van der Waals surface area contributed by atoms with E-state index in [9.17, 15) is 0 Å². The van der Waals surface area contributed by atoms with E-state index in [2.05, 4.69) is 98.7 Å². The lowest BCUT2D eigenvalue weighted by molar-refractivity contribution is 1.13. The molecule has 0 aliphatic carbocycles. The molecule has 0 saturated carbocycles. The molecule has 0 fully saturated rings. The monoisotopic (exact) mass is 266 g/mol. The molecule has 0 N–H and O–H groups in total. The van der Waals surface area contributed by atoms with Crippen LogP contribution in [0.1, 0.15) is 11.1 Å². The van der Waals surface area contributed by atoms with Gasteiger partial charge in [-0.25, -0.2) is 0 Å². The summed E-state index contributed by atoms with van der Waals surface area (Å²) >= 11 is 0. The number of rotatable bonds is 4. The molecular weight excluding hydrogens is 244 g/mol. The minimum Gasteiger partial charge on any atom is -0.378 e. The van der Waals surface area contributed by atoms with Crippen molar-refractivity contribution < 1.29 is 0 Å². The van der Waals surface area contributed by atoms with Crippen molar-refractivity contribution in [2.45, 2.75) is 0 Å². The fourth-order valence-corrected chi connectivity index (χ4v) is 1.96. The molecule has 2 aromatic carbocycles. The molecule has 0 radical (unpaired) electrons. The molecular formula is C18H22N2. The van der Waals surface area contributed by atoms with Gasteiger partial charge in [0.05, 0.1) is 0 Å². The molecule has 0 bridgehead atoms. The SMILES string of the molecule is CN(C)c1ccc(/C=C\c2ccc(N(C)C)cc2)cc1. The molecule has 0 aliphatic heterocycles. The summed E-state index contributed by atoms with van der Waals surface area (Å²) in [6, 6.07) is 17.1. The van der Waals surface area contributed by atoms with E-state index in [-0.39, 0.29) is 0 Å². The topological polar surface area (TPSA) is 6.48 Å². The van der Waals surface area contributed by atoms with E-state index in [4.69, 9.17) is 0 Å². The second kappa shape index (κ2) is 6.29. The summed E-state index contributed by atoms with van der Waals surface area (Å²) in [7, 11) is 8.21. The summed E-state index contributed by atoms with van der Waals surface area (Å²) in [4.78, 5) is 4.21. The average molecular weight is 266 g/mol. The quantitative estimate of drug-likeness (QED) is 0.772.